The Balaban J connectivity index is 1.53. The Morgan fingerprint density at radius 1 is 1.09 bits per heavy atom. The van der Waals surface area contributed by atoms with Gasteiger partial charge in [0.15, 0.2) is 5.17 Å². The first-order valence-electron chi connectivity index (χ1n) is 10.7. The lowest BCUT2D eigenvalue weighted by Crippen LogP contribution is -2.46. The average Bonchev–Trinajstić information content (AvgIpc) is 2.80. The molecule has 3 aromatic rings. The third-order valence-electron chi connectivity index (χ3n) is 5.24. The largest absolute Gasteiger partial charge is 0.325 e. The number of hydrogen-bond acceptors (Lipinski definition) is 4. The lowest BCUT2D eigenvalue weighted by molar-refractivity contribution is -0.129. The highest BCUT2D eigenvalue weighted by Crippen LogP contribution is 2.30. The second-order valence-electron chi connectivity index (χ2n) is 7.82. The predicted molar refractivity (Wildman–Crippen MR) is 131 cm³/mol. The second-order valence-corrected chi connectivity index (χ2v) is 8.99. The molecule has 7 heteroatoms. The number of carbonyl (C=O) groups excluding carboxylic acids is 2. The summed E-state index contributed by atoms with van der Waals surface area (Å²) in [6.45, 7) is 2.35. The van der Waals surface area contributed by atoms with E-state index in [2.05, 4.69) is 10.3 Å². The number of hydrogen-bond donors (Lipinski definition) is 1. The van der Waals surface area contributed by atoms with Crippen molar-refractivity contribution in [3.05, 3.63) is 95.8 Å². The zero-order valence-electron chi connectivity index (χ0n) is 18.2. The lowest BCUT2D eigenvalue weighted by atomic mass is 10.1. The van der Waals surface area contributed by atoms with Crippen LogP contribution in [0.1, 0.15) is 17.5 Å². The quantitative estimate of drug-likeness (QED) is 0.539. The van der Waals surface area contributed by atoms with Crippen LogP contribution in [0.2, 0.25) is 0 Å². The summed E-state index contributed by atoms with van der Waals surface area (Å²) >= 11 is 1.29. The summed E-state index contributed by atoms with van der Waals surface area (Å²) in [4.78, 5) is 32.3. The number of amides is 2. The van der Waals surface area contributed by atoms with Crippen LogP contribution in [-0.4, -0.2) is 33.7 Å². The highest BCUT2D eigenvalue weighted by atomic mass is 32.2. The fourth-order valence-corrected chi connectivity index (χ4v) is 4.64. The molecule has 4 rings (SSSR count). The van der Waals surface area contributed by atoms with Crippen LogP contribution in [-0.2, 0) is 16.0 Å². The number of nitrogens with zero attached hydrogens (tertiary/aromatic N) is 2. The van der Waals surface area contributed by atoms with Crippen molar-refractivity contribution in [1.29, 1.82) is 0 Å². The topological polar surface area (TPSA) is 61.8 Å². The summed E-state index contributed by atoms with van der Waals surface area (Å²) in [5.41, 5.74) is 3.37. The van der Waals surface area contributed by atoms with E-state index in [4.69, 9.17) is 0 Å². The molecule has 3 aromatic carbocycles. The van der Waals surface area contributed by atoms with Gasteiger partial charge in [-0.1, -0.05) is 54.2 Å². The van der Waals surface area contributed by atoms with Crippen molar-refractivity contribution >= 4 is 40.1 Å². The molecule has 0 spiro atoms. The maximum atomic E-state index is 13.2. The molecule has 0 aromatic heterocycles. The van der Waals surface area contributed by atoms with E-state index in [1.807, 2.05) is 61.5 Å². The molecule has 168 valence electrons. The Kier molecular flexibility index (Phi) is 7.19. The number of amidine groups is 1. The molecule has 0 saturated carbocycles. The van der Waals surface area contributed by atoms with Gasteiger partial charge < -0.3 is 5.32 Å². The van der Waals surface area contributed by atoms with Crippen LogP contribution in [0.15, 0.2) is 83.9 Å². The number of para-hydroxylation sites is 1. The van der Waals surface area contributed by atoms with Crippen LogP contribution in [0.25, 0.3) is 0 Å². The van der Waals surface area contributed by atoms with Gasteiger partial charge in [-0.3, -0.25) is 14.5 Å². The maximum Gasteiger partial charge on any atom is 0.238 e. The number of rotatable bonds is 6. The van der Waals surface area contributed by atoms with Crippen LogP contribution < -0.4 is 5.32 Å². The highest BCUT2D eigenvalue weighted by Gasteiger charge is 2.35. The molecule has 1 fully saturated rings. The zero-order valence-corrected chi connectivity index (χ0v) is 19.0. The summed E-state index contributed by atoms with van der Waals surface area (Å²) in [7, 11) is 0. The molecular formula is C26H24FN3O2S. The van der Waals surface area contributed by atoms with Gasteiger partial charge in [-0.2, -0.15) is 0 Å². The molecule has 33 heavy (non-hydrogen) atoms. The Hall–Kier alpha value is -3.45. The smallest absolute Gasteiger partial charge is 0.238 e. The van der Waals surface area contributed by atoms with E-state index in [1.165, 1.54) is 23.9 Å². The fourth-order valence-electron chi connectivity index (χ4n) is 3.51. The van der Waals surface area contributed by atoms with E-state index in [-0.39, 0.29) is 24.1 Å². The molecule has 0 aliphatic carbocycles. The van der Waals surface area contributed by atoms with E-state index in [1.54, 1.807) is 17.0 Å². The molecule has 1 aliphatic heterocycles. The van der Waals surface area contributed by atoms with Gasteiger partial charge in [0.25, 0.3) is 0 Å². The van der Waals surface area contributed by atoms with Crippen molar-refractivity contribution in [3.8, 4) is 0 Å². The Labute approximate surface area is 196 Å². The van der Waals surface area contributed by atoms with Crippen molar-refractivity contribution < 1.29 is 14.0 Å². The normalized spacial score (nSPS) is 17.3. The van der Waals surface area contributed by atoms with Crippen molar-refractivity contribution in [1.82, 2.24) is 4.90 Å². The minimum absolute atomic E-state index is 0.0829. The minimum atomic E-state index is -0.581. The van der Waals surface area contributed by atoms with E-state index in [0.29, 0.717) is 29.5 Å². The van der Waals surface area contributed by atoms with Gasteiger partial charge in [0.2, 0.25) is 11.8 Å². The number of halogens is 1. The summed E-state index contributed by atoms with van der Waals surface area (Å²) in [5, 5.41) is 2.82. The standard InChI is InChI=1S/C26H24FN3O2S/c1-18-6-5-9-22(16-18)28-25(32)23-17-24(31)30(15-14-19-10-12-20(27)13-11-19)26(33-23)29-21-7-3-2-4-8-21/h2-13,16,23H,14-15,17H2,1H3,(H,28,32)/t23-/m0/s1. The zero-order chi connectivity index (χ0) is 23.2. The van der Waals surface area contributed by atoms with Crippen molar-refractivity contribution in [2.45, 2.75) is 25.0 Å². The molecule has 0 radical (unpaired) electrons. The third-order valence-corrected chi connectivity index (χ3v) is 6.42. The minimum Gasteiger partial charge on any atom is -0.325 e. The molecule has 0 unspecified atom stereocenters. The molecule has 1 atom stereocenters. The number of carbonyl (C=O) groups is 2. The molecule has 1 heterocycles. The number of aliphatic imine (C=N–C) groups is 1. The van der Waals surface area contributed by atoms with Crippen LogP contribution in [0.5, 0.6) is 0 Å². The molecule has 5 nitrogen and oxygen atoms in total. The van der Waals surface area contributed by atoms with Gasteiger partial charge in [0.1, 0.15) is 11.1 Å². The maximum absolute atomic E-state index is 13.2. The van der Waals surface area contributed by atoms with Gasteiger partial charge >= 0.3 is 0 Å². The molecule has 2 amide bonds. The summed E-state index contributed by atoms with van der Waals surface area (Å²) in [6, 6.07) is 23.1. The van der Waals surface area contributed by atoms with Gasteiger partial charge in [0, 0.05) is 18.7 Å². The number of benzene rings is 3. The van der Waals surface area contributed by atoms with Gasteiger partial charge in [0.05, 0.1) is 5.69 Å². The molecule has 1 saturated heterocycles. The van der Waals surface area contributed by atoms with Crippen molar-refractivity contribution in [3.63, 3.8) is 0 Å². The Bertz CT molecular complexity index is 1170. The number of aryl methyl sites for hydroxylation is 1. The van der Waals surface area contributed by atoms with E-state index in [9.17, 15) is 14.0 Å². The molecular weight excluding hydrogens is 437 g/mol. The second kappa shape index (κ2) is 10.4. The Morgan fingerprint density at radius 2 is 1.85 bits per heavy atom. The van der Waals surface area contributed by atoms with Crippen LogP contribution in [0, 0.1) is 12.7 Å². The molecule has 1 aliphatic rings. The first kappa shape index (κ1) is 22.7. The van der Waals surface area contributed by atoms with Crippen molar-refractivity contribution in [2.75, 3.05) is 11.9 Å². The highest BCUT2D eigenvalue weighted by molar-refractivity contribution is 8.15. The van der Waals surface area contributed by atoms with Crippen LogP contribution >= 0.6 is 11.8 Å². The summed E-state index contributed by atoms with van der Waals surface area (Å²) in [6.07, 6.45) is 0.639. The van der Waals surface area contributed by atoms with Gasteiger partial charge in [-0.15, -0.1) is 0 Å². The third kappa shape index (κ3) is 6.08. The van der Waals surface area contributed by atoms with E-state index in [0.717, 1.165) is 11.1 Å². The lowest BCUT2D eigenvalue weighted by Gasteiger charge is -2.32. The Morgan fingerprint density at radius 3 is 2.58 bits per heavy atom. The molecule has 0 bridgehead atoms. The van der Waals surface area contributed by atoms with Gasteiger partial charge in [-0.25, -0.2) is 9.38 Å². The predicted octanol–water partition coefficient (Wildman–Crippen LogP) is 5.34. The number of anilines is 1. The van der Waals surface area contributed by atoms with E-state index >= 15 is 0 Å². The number of nitrogens with one attached hydrogen (secondary N) is 1. The summed E-state index contributed by atoms with van der Waals surface area (Å²) < 4.78 is 13.2. The van der Waals surface area contributed by atoms with Gasteiger partial charge in [-0.05, 0) is 60.9 Å². The average molecular weight is 462 g/mol. The van der Waals surface area contributed by atoms with E-state index < -0.39 is 5.25 Å². The van der Waals surface area contributed by atoms with Crippen LogP contribution in [0.4, 0.5) is 15.8 Å². The fraction of sp³-hybridized carbons (Fsp3) is 0.192. The first-order chi connectivity index (χ1) is 16.0. The monoisotopic (exact) mass is 461 g/mol. The SMILES string of the molecule is Cc1cccc(NC(=O)[C@@H]2CC(=O)N(CCc3ccc(F)cc3)C(=Nc3ccccc3)S2)c1. The van der Waals surface area contributed by atoms with Crippen molar-refractivity contribution in [2.24, 2.45) is 4.99 Å². The van der Waals surface area contributed by atoms with Crippen LogP contribution in [0.3, 0.4) is 0 Å². The molecule has 1 N–H and O–H groups in total. The first-order valence-corrected chi connectivity index (χ1v) is 11.6. The summed E-state index contributed by atoms with van der Waals surface area (Å²) in [5.74, 6) is -0.676. The number of thioether (sulfide) groups is 1.